The number of rotatable bonds is 13. The monoisotopic (exact) mass is 417 g/mol. The van der Waals surface area contributed by atoms with Gasteiger partial charge in [0.15, 0.2) is 4.71 Å². The van der Waals surface area contributed by atoms with Gasteiger partial charge in [0, 0.05) is 24.5 Å². The summed E-state index contributed by atoms with van der Waals surface area (Å²) in [6, 6.07) is 10.1. The lowest BCUT2D eigenvalue weighted by Gasteiger charge is -2.24. The average molecular weight is 418 g/mol. The summed E-state index contributed by atoms with van der Waals surface area (Å²) < 4.78 is 11.5. The molecule has 4 nitrogen and oxygen atoms in total. The molecular weight excluding hydrogens is 382 g/mol. The van der Waals surface area contributed by atoms with Gasteiger partial charge in [-0.3, -0.25) is 4.79 Å². The molecule has 0 aliphatic rings. The van der Waals surface area contributed by atoms with Crippen molar-refractivity contribution >= 4 is 34.8 Å². The summed E-state index contributed by atoms with van der Waals surface area (Å²) >= 11 is 5.31. The number of benzene rings is 1. The van der Waals surface area contributed by atoms with Crippen LogP contribution in [0.1, 0.15) is 65.7 Å². The molecule has 2 rings (SSSR count). The quantitative estimate of drug-likeness (QED) is 0.201. The summed E-state index contributed by atoms with van der Waals surface area (Å²) in [6.45, 7) is 8.64. The first-order valence-electron chi connectivity index (χ1n) is 11.0. The number of anilines is 1. The third kappa shape index (κ3) is 7.46. The molecule has 160 valence electrons. The summed E-state index contributed by atoms with van der Waals surface area (Å²) in [5, 5.41) is 1.12. The van der Waals surface area contributed by atoms with Crippen LogP contribution in [-0.4, -0.2) is 25.7 Å². The third-order valence-electron chi connectivity index (χ3n) is 5.43. The van der Waals surface area contributed by atoms with Gasteiger partial charge in [-0.15, -0.1) is 0 Å². The number of hydrogen-bond donors (Lipinski definition) is 0. The Hall–Kier alpha value is -1.88. The standard InChI is InChI=1S/C24H35NO3S/c1-4-19(3)24(26)27-17-13-9-7-6-8-12-16-25(5-2)21-18-23(29)28-22-15-11-10-14-20(21)22/h10-11,14-15,18-19H,4-9,12-13,16-17H2,1-3H3. The van der Waals surface area contributed by atoms with Gasteiger partial charge in [-0.1, -0.05) is 51.7 Å². The molecule has 1 aromatic heterocycles. The fraction of sp³-hybridized carbons (Fsp3) is 0.583. The summed E-state index contributed by atoms with van der Waals surface area (Å²) in [5.41, 5.74) is 2.02. The van der Waals surface area contributed by atoms with E-state index in [2.05, 4.69) is 17.9 Å². The highest BCUT2D eigenvalue weighted by Gasteiger charge is 2.11. The Morgan fingerprint density at radius 1 is 1.10 bits per heavy atom. The van der Waals surface area contributed by atoms with Gasteiger partial charge in [-0.25, -0.2) is 0 Å². The molecule has 1 unspecified atom stereocenters. The van der Waals surface area contributed by atoms with E-state index in [9.17, 15) is 4.79 Å². The number of esters is 1. The first-order valence-corrected chi connectivity index (χ1v) is 11.4. The summed E-state index contributed by atoms with van der Waals surface area (Å²) in [5.74, 6) is -0.0423. The van der Waals surface area contributed by atoms with Crippen molar-refractivity contribution in [1.82, 2.24) is 0 Å². The Morgan fingerprint density at radius 2 is 1.79 bits per heavy atom. The van der Waals surface area contributed by atoms with Crippen LogP contribution in [0.3, 0.4) is 0 Å². The number of carbonyl (C=O) groups is 1. The molecule has 0 spiro atoms. The topological polar surface area (TPSA) is 42.7 Å². The maximum absolute atomic E-state index is 11.6. The maximum Gasteiger partial charge on any atom is 0.308 e. The van der Waals surface area contributed by atoms with Crippen LogP contribution in [0.5, 0.6) is 0 Å². The van der Waals surface area contributed by atoms with E-state index in [-0.39, 0.29) is 11.9 Å². The highest BCUT2D eigenvalue weighted by molar-refractivity contribution is 7.71. The zero-order valence-corrected chi connectivity index (χ0v) is 18.9. The first-order chi connectivity index (χ1) is 14.1. The van der Waals surface area contributed by atoms with E-state index in [1.54, 1.807) is 0 Å². The van der Waals surface area contributed by atoms with E-state index < -0.39 is 0 Å². The molecule has 0 saturated heterocycles. The minimum absolute atomic E-state index is 0.0173. The molecule has 0 N–H and O–H groups in total. The van der Waals surface area contributed by atoms with Crippen molar-refractivity contribution in [1.29, 1.82) is 0 Å². The van der Waals surface area contributed by atoms with Crippen LogP contribution in [0.2, 0.25) is 0 Å². The lowest BCUT2D eigenvalue weighted by Crippen LogP contribution is -2.24. The van der Waals surface area contributed by atoms with Gasteiger partial charge in [0.05, 0.1) is 18.2 Å². The van der Waals surface area contributed by atoms with Gasteiger partial charge in [0.1, 0.15) is 5.58 Å². The number of ether oxygens (including phenoxy) is 1. The second-order valence-electron chi connectivity index (χ2n) is 7.62. The normalized spacial score (nSPS) is 12.1. The number of hydrogen-bond acceptors (Lipinski definition) is 5. The SMILES string of the molecule is CCC(C)C(=O)OCCCCCCCCN(CC)c1cc(=S)oc2ccccc12. The molecule has 0 fully saturated rings. The Balaban J connectivity index is 1.68. The van der Waals surface area contributed by atoms with E-state index in [4.69, 9.17) is 21.4 Å². The number of nitrogens with zero attached hydrogens (tertiary/aromatic N) is 1. The third-order valence-corrected chi connectivity index (χ3v) is 5.63. The van der Waals surface area contributed by atoms with Gasteiger partial charge in [-0.2, -0.15) is 0 Å². The number of fused-ring (bicyclic) bond motifs is 1. The largest absolute Gasteiger partial charge is 0.465 e. The Bertz CT molecular complexity index is 817. The predicted octanol–water partition coefficient (Wildman–Crippen LogP) is 6.92. The van der Waals surface area contributed by atoms with E-state index in [1.165, 1.54) is 24.9 Å². The van der Waals surface area contributed by atoms with Gasteiger partial charge < -0.3 is 14.1 Å². The van der Waals surface area contributed by atoms with E-state index >= 15 is 0 Å². The van der Waals surface area contributed by atoms with Crippen molar-refractivity contribution in [3.05, 3.63) is 35.0 Å². The molecule has 2 aromatic rings. The highest BCUT2D eigenvalue weighted by Crippen LogP contribution is 2.27. The van der Waals surface area contributed by atoms with Gasteiger partial charge >= 0.3 is 5.97 Å². The molecule has 0 aliphatic heterocycles. The maximum atomic E-state index is 11.6. The molecule has 0 saturated carbocycles. The van der Waals surface area contributed by atoms with E-state index in [0.29, 0.717) is 11.3 Å². The van der Waals surface area contributed by atoms with Gasteiger partial charge in [0.2, 0.25) is 0 Å². The van der Waals surface area contributed by atoms with Crippen LogP contribution in [-0.2, 0) is 9.53 Å². The smallest absolute Gasteiger partial charge is 0.308 e. The fourth-order valence-electron chi connectivity index (χ4n) is 3.40. The van der Waals surface area contributed by atoms with Crippen molar-refractivity contribution in [3.63, 3.8) is 0 Å². The predicted molar refractivity (Wildman–Crippen MR) is 123 cm³/mol. The van der Waals surface area contributed by atoms with Crippen LogP contribution in [0.25, 0.3) is 11.0 Å². The van der Waals surface area contributed by atoms with E-state index in [1.807, 2.05) is 38.1 Å². The minimum atomic E-state index is -0.0596. The van der Waals surface area contributed by atoms with Crippen LogP contribution < -0.4 is 4.90 Å². The van der Waals surface area contributed by atoms with Crippen LogP contribution in [0, 0.1) is 10.6 Å². The Kier molecular flexibility index (Phi) is 10.2. The average Bonchev–Trinajstić information content (AvgIpc) is 2.73. The molecule has 1 aromatic carbocycles. The van der Waals surface area contributed by atoms with E-state index in [0.717, 1.165) is 49.7 Å². The van der Waals surface area contributed by atoms with Crippen molar-refractivity contribution < 1.29 is 13.9 Å². The van der Waals surface area contributed by atoms with Crippen LogP contribution >= 0.6 is 12.2 Å². The Morgan fingerprint density at radius 3 is 2.52 bits per heavy atom. The van der Waals surface area contributed by atoms with Gasteiger partial charge in [-0.05, 0) is 50.5 Å². The van der Waals surface area contributed by atoms with Crippen LogP contribution in [0.4, 0.5) is 5.69 Å². The molecule has 1 heterocycles. The molecule has 1 atom stereocenters. The second kappa shape index (κ2) is 12.6. The van der Waals surface area contributed by atoms with Crippen molar-refractivity contribution in [2.45, 2.75) is 65.7 Å². The summed E-state index contributed by atoms with van der Waals surface area (Å²) in [6.07, 6.45) is 7.70. The van der Waals surface area contributed by atoms with Crippen molar-refractivity contribution in [3.8, 4) is 0 Å². The summed E-state index contributed by atoms with van der Waals surface area (Å²) in [4.78, 5) is 14.0. The number of carbonyl (C=O) groups excluding carboxylic acids is 1. The fourth-order valence-corrected chi connectivity index (χ4v) is 3.60. The lowest BCUT2D eigenvalue weighted by atomic mass is 10.1. The second-order valence-corrected chi connectivity index (χ2v) is 8.03. The summed E-state index contributed by atoms with van der Waals surface area (Å²) in [7, 11) is 0. The van der Waals surface area contributed by atoms with Crippen LogP contribution in [0.15, 0.2) is 34.7 Å². The zero-order valence-electron chi connectivity index (χ0n) is 18.1. The zero-order chi connectivity index (χ0) is 21.1. The Labute approximate surface area is 180 Å². The molecular formula is C24H35NO3S. The first kappa shape index (κ1) is 23.4. The molecule has 0 amide bonds. The highest BCUT2D eigenvalue weighted by atomic mass is 32.1. The van der Waals surface area contributed by atoms with Gasteiger partial charge in [0.25, 0.3) is 0 Å². The van der Waals surface area contributed by atoms with Crippen molar-refractivity contribution in [2.24, 2.45) is 5.92 Å². The number of unbranched alkanes of at least 4 members (excludes halogenated alkanes) is 5. The molecule has 0 radical (unpaired) electrons. The molecule has 5 heteroatoms. The lowest BCUT2D eigenvalue weighted by molar-refractivity contribution is -0.148. The molecule has 0 bridgehead atoms. The molecule has 29 heavy (non-hydrogen) atoms. The molecule has 0 aliphatic carbocycles. The van der Waals surface area contributed by atoms with Crippen molar-refractivity contribution in [2.75, 3.05) is 24.6 Å². The number of para-hydroxylation sites is 1. The minimum Gasteiger partial charge on any atom is -0.465 e.